The number of carbonyl (C=O) groups excluding carboxylic acids is 1. The van der Waals surface area contributed by atoms with Gasteiger partial charge in [-0.15, -0.1) is 0 Å². The summed E-state index contributed by atoms with van der Waals surface area (Å²) in [5.41, 5.74) is 1.58. The number of quaternary nitrogens is 1. The van der Waals surface area contributed by atoms with Gasteiger partial charge < -0.3 is 15.3 Å². The number of benzene rings is 3. The van der Waals surface area contributed by atoms with Crippen LogP contribution >= 0.6 is 0 Å². The molecule has 6 heteroatoms. The Balaban J connectivity index is 1.80. The van der Waals surface area contributed by atoms with Crippen LogP contribution in [0.25, 0.3) is 10.8 Å². The molecule has 0 saturated heterocycles. The van der Waals surface area contributed by atoms with Crippen LogP contribution < -0.4 is 5.43 Å². The summed E-state index contributed by atoms with van der Waals surface area (Å²) in [6.45, 7) is 0. The molecule has 3 aromatic carbocycles. The molecular formula is C18H15N2O4+. The number of hydrogen-bond acceptors (Lipinski definition) is 5. The van der Waals surface area contributed by atoms with E-state index in [1.54, 1.807) is 6.07 Å². The summed E-state index contributed by atoms with van der Waals surface area (Å²) < 4.78 is 0. The Hall–Kier alpha value is -3.38. The van der Waals surface area contributed by atoms with Crippen molar-refractivity contribution in [3.63, 3.8) is 0 Å². The molecule has 0 aliphatic rings. The third-order valence-electron chi connectivity index (χ3n) is 3.55. The highest BCUT2D eigenvalue weighted by molar-refractivity contribution is 5.97. The predicted molar refractivity (Wildman–Crippen MR) is 89.2 cm³/mol. The monoisotopic (exact) mass is 323 g/mol. The average molecular weight is 323 g/mol. The second kappa shape index (κ2) is 6.39. The largest absolute Gasteiger partial charge is 0.508 e. The number of hydrogen-bond donors (Lipinski definition) is 4. The first-order valence-electron chi connectivity index (χ1n) is 7.19. The third-order valence-corrected chi connectivity index (χ3v) is 3.55. The molecule has 120 valence electrons. The number of fused-ring (bicyclic) bond motifs is 1. The molecule has 0 saturated carbocycles. The summed E-state index contributed by atoms with van der Waals surface area (Å²) >= 11 is 0. The van der Waals surface area contributed by atoms with Crippen LogP contribution in [0.5, 0.6) is 17.2 Å². The van der Waals surface area contributed by atoms with Gasteiger partial charge in [0.1, 0.15) is 22.8 Å². The topological polar surface area (TPSA) is 107 Å². The third kappa shape index (κ3) is 3.18. The fourth-order valence-corrected chi connectivity index (χ4v) is 2.32. The lowest BCUT2D eigenvalue weighted by Gasteiger charge is -2.03. The summed E-state index contributed by atoms with van der Waals surface area (Å²) in [4.78, 5) is 12.2. The Labute approximate surface area is 137 Å². The van der Waals surface area contributed by atoms with Gasteiger partial charge in [0.05, 0.1) is 6.21 Å². The molecule has 0 spiro atoms. The molecule has 24 heavy (non-hydrogen) atoms. The fraction of sp³-hybridized carbons (Fsp3) is 0. The minimum absolute atomic E-state index is 0.0641. The van der Waals surface area contributed by atoms with Crippen molar-refractivity contribution < 1.29 is 25.5 Å². The summed E-state index contributed by atoms with van der Waals surface area (Å²) in [5.74, 6) is -0.774. The predicted octanol–water partition coefficient (Wildman–Crippen LogP) is 1.69. The van der Waals surface area contributed by atoms with Crippen LogP contribution in [-0.4, -0.2) is 27.4 Å². The molecule has 0 aromatic heterocycles. The molecule has 0 radical (unpaired) electrons. The molecule has 1 amide bonds. The van der Waals surface area contributed by atoms with Crippen LogP contribution in [0.1, 0.15) is 15.9 Å². The van der Waals surface area contributed by atoms with Gasteiger partial charge in [-0.3, -0.25) is 0 Å². The molecule has 0 bridgehead atoms. The van der Waals surface area contributed by atoms with Gasteiger partial charge in [-0.1, -0.05) is 29.4 Å². The molecule has 0 aliphatic heterocycles. The summed E-state index contributed by atoms with van der Waals surface area (Å²) in [5, 5.41) is 34.4. The summed E-state index contributed by atoms with van der Waals surface area (Å²) in [7, 11) is 0. The van der Waals surface area contributed by atoms with E-state index in [0.717, 1.165) is 16.2 Å². The minimum atomic E-state index is -0.451. The van der Waals surface area contributed by atoms with E-state index in [2.05, 4.69) is 5.10 Å². The Morgan fingerprint density at radius 2 is 1.62 bits per heavy atom. The molecule has 0 unspecified atom stereocenters. The van der Waals surface area contributed by atoms with Gasteiger partial charge in [0.25, 0.3) is 0 Å². The van der Waals surface area contributed by atoms with Gasteiger partial charge in [-0.05, 0) is 35.0 Å². The average Bonchev–Trinajstić information content (AvgIpc) is 2.56. The minimum Gasteiger partial charge on any atom is -0.508 e. The van der Waals surface area contributed by atoms with Crippen molar-refractivity contribution in [3.8, 4) is 17.2 Å². The maximum absolute atomic E-state index is 12.2. The lowest BCUT2D eigenvalue weighted by atomic mass is 10.1. The van der Waals surface area contributed by atoms with E-state index in [0.29, 0.717) is 5.56 Å². The molecule has 0 aliphatic carbocycles. The van der Waals surface area contributed by atoms with Crippen molar-refractivity contribution in [2.24, 2.45) is 5.10 Å². The number of nitrogens with two attached hydrogens (primary N) is 1. The van der Waals surface area contributed by atoms with Crippen LogP contribution in [0.15, 0.2) is 59.7 Å². The second-order valence-electron chi connectivity index (χ2n) is 5.23. The van der Waals surface area contributed by atoms with Crippen LogP contribution in [-0.2, 0) is 0 Å². The highest BCUT2D eigenvalue weighted by atomic mass is 16.3. The molecule has 3 rings (SSSR count). The highest BCUT2D eigenvalue weighted by Gasteiger charge is 2.16. The summed E-state index contributed by atoms with van der Waals surface area (Å²) in [6.07, 6.45) is 1.30. The van der Waals surface area contributed by atoms with E-state index in [-0.39, 0.29) is 22.8 Å². The fourth-order valence-electron chi connectivity index (χ4n) is 2.32. The molecule has 0 fully saturated rings. The molecule has 0 heterocycles. The normalized spacial score (nSPS) is 11.2. The first-order chi connectivity index (χ1) is 11.5. The van der Waals surface area contributed by atoms with E-state index < -0.39 is 5.91 Å². The Kier molecular flexibility index (Phi) is 4.13. The zero-order valence-electron chi connectivity index (χ0n) is 12.5. The van der Waals surface area contributed by atoms with E-state index in [1.807, 2.05) is 24.3 Å². The van der Waals surface area contributed by atoms with Crippen molar-refractivity contribution in [2.45, 2.75) is 0 Å². The van der Waals surface area contributed by atoms with Crippen LogP contribution in [0.2, 0.25) is 0 Å². The van der Waals surface area contributed by atoms with E-state index >= 15 is 0 Å². The number of carbonyl (C=O) groups is 1. The first kappa shape index (κ1) is 15.5. The van der Waals surface area contributed by atoms with Crippen molar-refractivity contribution >= 4 is 22.9 Å². The zero-order valence-corrected chi connectivity index (χ0v) is 12.5. The van der Waals surface area contributed by atoms with Crippen molar-refractivity contribution in [2.75, 3.05) is 0 Å². The standard InChI is InChI=1S/C18H14N2O4/c21-14-6-5-13(16(22)9-14)10-19-20-18(24)15-7-11-3-1-2-4-12(11)8-17(15)23/h1-10,21-23H,(H,20,24)/p+1/b19-10+. The van der Waals surface area contributed by atoms with Gasteiger partial charge >= 0.3 is 5.91 Å². The second-order valence-corrected chi connectivity index (χ2v) is 5.23. The Morgan fingerprint density at radius 3 is 2.33 bits per heavy atom. The summed E-state index contributed by atoms with van der Waals surface area (Å²) in [6, 6.07) is 14.6. The molecule has 3 aromatic rings. The van der Waals surface area contributed by atoms with Crippen LogP contribution in [0, 0.1) is 0 Å². The van der Waals surface area contributed by atoms with E-state index in [1.165, 1.54) is 30.5 Å². The number of rotatable bonds is 3. The highest BCUT2D eigenvalue weighted by Crippen LogP contribution is 2.24. The van der Waals surface area contributed by atoms with E-state index in [9.17, 15) is 20.1 Å². The lowest BCUT2D eigenvalue weighted by molar-refractivity contribution is -0.560. The van der Waals surface area contributed by atoms with Gasteiger partial charge in [-0.25, -0.2) is 4.79 Å². The first-order valence-corrected chi connectivity index (χ1v) is 7.19. The maximum atomic E-state index is 12.2. The number of aromatic hydroxyl groups is 3. The van der Waals surface area contributed by atoms with Gasteiger partial charge in [0.15, 0.2) is 0 Å². The molecule has 5 N–H and O–H groups in total. The molecular weight excluding hydrogens is 308 g/mol. The number of phenols is 3. The van der Waals surface area contributed by atoms with Crippen molar-refractivity contribution in [1.82, 2.24) is 0 Å². The lowest BCUT2D eigenvalue weighted by Crippen LogP contribution is -2.82. The smallest absolute Gasteiger partial charge is 0.372 e. The number of phenolic OH excluding ortho intramolecular Hbond substituents is 2. The van der Waals surface area contributed by atoms with Gasteiger partial charge in [0.2, 0.25) is 0 Å². The SMILES string of the molecule is O=C([NH2+]/N=C/c1ccc(O)cc1O)c1cc2ccccc2cc1O. The van der Waals surface area contributed by atoms with Crippen LogP contribution in [0.4, 0.5) is 0 Å². The van der Waals surface area contributed by atoms with Crippen molar-refractivity contribution in [1.29, 1.82) is 0 Å². The quantitative estimate of drug-likeness (QED) is 0.334. The number of nitrogens with zero attached hydrogens (tertiary/aromatic N) is 1. The Morgan fingerprint density at radius 1 is 0.917 bits per heavy atom. The number of primary amides is 1. The number of amides is 1. The molecule has 6 nitrogen and oxygen atoms in total. The van der Waals surface area contributed by atoms with Gasteiger partial charge in [-0.2, -0.15) is 5.43 Å². The van der Waals surface area contributed by atoms with E-state index in [4.69, 9.17) is 0 Å². The maximum Gasteiger partial charge on any atom is 0.372 e. The van der Waals surface area contributed by atoms with Gasteiger partial charge in [0, 0.05) is 11.6 Å². The van der Waals surface area contributed by atoms with Crippen LogP contribution in [0.3, 0.4) is 0 Å². The zero-order chi connectivity index (χ0) is 17.1. The Bertz CT molecular complexity index is 951. The van der Waals surface area contributed by atoms with Crippen molar-refractivity contribution in [3.05, 3.63) is 65.7 Å². The molecule has 0 atom stereocenters.